The lowest BCUT2D eigenvalue weighted by Gasteiger charge is -2.32. The zero-order chi connectivity index (χ0) is 24.5. The Kier molecular flexibility index (Phi) is 6.26. The van der Waals surface area contributed by atoms with Crippen molar-refractivity contribution in [1.82, 2.24) is 24.3 Å². The monoisotopic (exact) mass is 468 g/mol. The van der Waals surface area contributed by atoms with Gasteiger partial charge in [-0.05, 0) is 79.4 Å². The Morgan fingerprint density at radius 2 is 1.80 bits per heavy atom. The molecule has 1 aliphatic heterocycles. The smallest absolute Gasteiger partial charge is 0.253 e. The van der Waals surface area contributed by atoms with Gasteiger partial charge in [-0.1, -0.05) is 12.1 Å². The summed E-state index contributed by atoms with van der Waals surface area (Å²) in [5, 5.41) is 1.14. The Morgan fingerprint density at radius 3 is 2.46 bits per heavy atom. The Hall–Kier alpha value is -3.71. The van der Waals surface area contributed by atoms with Crippen LogP contribution >= 0.6 is 0 Å². The van der Waals surface area contributed by atoms with E-state index < -0.39 is 0 Å². The standard InChI is InChI=1S/C28H32N6O/c1-32(2)28(35)21-6-4-19(5-7-21)20-11-14-34(15-12-20)18-23-16-25-24(10-13-30-27(25)33(23)3)22-8-9-26(29)31-17-22/h4-10,13,16-17,20H,11-12,14-15,18H2,1-3H3,(H2,29,31). The van der Waals surface area contributed by atoms with Crippen LogP contribution in [0.25, 0.3) is 22.2 Å². The number of carbonyl (C=O) groups excluding carboxylic acids is 1. The molecule has 1 saturated heterocycles. The minimum Gasteiger partial charge on any atom is -0.384 e. The third kappa shape index (κ3) is 4.64. The number of fused-ring (bicyclic) bond motifs is 1. The predicted molar refractivity (Wildman–Crippen MR) is 140 cm³/mol. The zero-order valence-corrected chi connectivity index (χ0v) is 20.6. The number of hydrogen-bond donors (Lipinski definition) is 1. The number of pyridine rings is 2. The van der Waals surface area contributed by atoms with Crippen LogP contribution in [0, 0.1) is 0 Å². The van der Waals surface area contributed by atoms with E-state index in [2.05, 4.69) is 44.7 Å². The summed E-state index contributed by atoms with van der Waals surface area (Å²) >= 11 is 0. The Balaban J connectivity index is 1.28. The van der Waals surface area contributed by atoms with Gasteiger partial charge >= 0.3 is 0 Å². The van der Waals surface area contributed by atoms with Crippen LogP contribution in [0.3, 0.4) is 0 Å². The topological polar surface area (TPSA) is 80.3 Å². The zero-order valence-electron chi connectivity index (χ0n) is 20.6. The van der Waals surface area contributed by atoms with E-state index in [1.165, 1.54) is 11.3 Å². The van der Waals surface area contributed by atoms with Gasteiger partial charge in [-0.3, -0.25) is 9.69 Å². The average molecular weight is 469 g/mol. The third-order valence-corrected chi connectivity index (χ3v) is 7.13. The van der Waals surface area contributed by atoms with Crippen molar-refractivity contribution >= 4 is 22.8 Å². The van der Waals surface area contributed by atoms with Crippen LogP contribution in [-0.2, 0) is 13.6 Å². The number of nitrogens with zero attached hydrogens (tertiary/aromatic N) is 5. The van der Waals surface area contributed by atoms with E-state index >= 15 is 0 Å². The van der Waals surface area contributed by atoms with E-state index in [9.17, 15) is 4.79 Å². The summed E-state index contributed by atoms with van der Waals surface area (Å²) in [6, 6.07) is 16.3. The molecule has 7 nitrogen and oxygen atoms in total. The van der Waals surface area contributed by atoms with Gasteiger partial charge in [0.05, 0.1) is 0 Å². The Bertz CT molecular complexity index is 1330. The molecule has 0 saturated carbocycles. The molecule has 2 N–H and O–H groups in total. The van der Waals surface area contributed by atoms with Crippen LogP contribution in [0.4, 0.5) is 5.82 Å². The predicted octanol–water partition coefficient (Wildman–Crippen LogP) is 4.30. The summed E-state index contributed by atoms with van der Waals surface area (Å²) in [5.74, 6) is 1.11. The molecular formula is C28H32N6O. The van der Waals surface area contributed by atoms with E-state index in [-0.39, 0.29) is 5.91 Å². The second-order valence-electron chi connectivity index (χ2n) is 9.63. The van der Waals surface area contributed by atoms with Gasteiger partial charge in [-0.2, -0.15) is 0 Å². The van der Waals surface area contributed by atoms with E-state index in [0.717, 1.165) is 60.2 Å². The molecule has 5 rings (SSSR count). The summed E-state index contributed by atoms with van der Waals surface area (Å²) in [6.45, 7) is 2.99. The first-order valence-corrected chi connectivity index (χ1v) is 12.1. The number of hydrogen-bond acceptors (Lipinski definition) is 5. The quantitative estimate of drug-likeness (QED) is 0.472. The Labute approximate surface area is 206 Å². The summed E-state index contributed by atoms with van der Waals surface area (Å²) in [5.41, 5.74) is 12.3. The maximum atomic E-state index is 12.2. The first-order valence-electron chi connectivity index (χ1n) is 12.1. The van der Waals surface area contributed by atoms with Crippen LogP contribution in [-0.4, -0.2) is 57.4 Å². The largest absolute Gasteiger partial charge is 0.384 e. The lowest BCUT2D eigenvalue weighted by atomic mass is 9.89. The maximum Gasteiger partial charge on any atom is 0.253 e. The van der Waals surface area contributed by atoms with Crippen molar-refractivity contribution in [1.29, 1.82) is 0 Å². The van der Waals surface area contributed by atoms with E-state index in [4.69, 9.17) is 5.73 Å². The lowest BCUT2D eigenvalue weighted by Crippen LogP contribution is -2.33. The number of nitrogens with two attached hydrogens (primary N) is 1. The molecule has 180 valence electrons. The number of likely N-dealkylation sites (tertiary alicyclic amines) is 1. The normalized spacial score (nSPS) is 14.9. The molecule has 1 aliphatic rings. The second kappa shape index (κ2) is 9.50. The fraction of sp³-hybridized carbons (Fsp3) is 0.321. The lowest BCUT2D eigenvalue weighted by molar-refractivity contribution is 0.0827. The van der Waals surface area contributed by atoms with Gasteiger partial charge in [0.2, 0.25) is 0 Å². The molecule has 0 bridgehead atoms. The summed E-state index contributed by atoms with van der Waals surface area (Å²) in [4.78, 5) is 25.2. The van der Waals surface area contributed by atoms with E-state index in [0.29, 0.717) is 11.7 Å². The first-order chi connectivity index (χ1) is 16.9. The summed E-state index contributed by atoms with van der Waals surface area (Å²) in [7, 11) is 5.67. The average Bonchev–Trinajstić information content (AvgIpc) is 3.20. The second-order valence-corrected chi connectivity index (χ2v) is 9.63. The summed E-state index contributed by atoms with van der Waals surface area (Å²) < 4.78 is 2.20. The van der Waals surface area contributed by atoms with E-state index in [1.54, 1.807) is 19.0 Å². The third-order valence-electron chi connectivity index (χ3n) is 7.13. The van der Waals surface area contributed by atoms with Crippen LogP contribution in [0.1, 0.15) is 40.4 Å². The number of anilines is 1. The van der Waals surface area contributed by atoms with Crippen molar-refractivity contribution in [2.75, 3.05) is 32.9 Å². The molecule has 1 aromatic carbocycles. The molecule has 35 heavy (non-hydrogen) atoms. The number of piperidine rings is 1. The van der Waals surface area contributed by atoms with Crippen LogP contribution in [0.5, 0.6) is 0 Å². The van der Waals surface area contributed by atoms with Crippen molar-refractivity contribution in [3.05, 3.63) is 77.7 Å². The molecule has 0 unspecified atom stereocenters. The van der Waals surface area contributed by atoms with Gasteiger partial charge < -0.3 is 15.2 Å². The van der Waals surface area contributed by atoms with Gasteiger partial charge in [-0.15, -0.1) is 0 Å². The number of benzene rings is 1. The Morgan fingerprint density at radius 1 is 1.06 bits per heavy atom. The fourth-order valence-corrected chi connectivity index (χ4v) is 5.05. The highest BCUT2D eigenvalue weighted by Gasteiger charge is 2.22. The molecule has 4 aromatic rings. The molecule has 1 amide bonds. The summed E-state index contributed by atoms with van der Waals surface area (Å²) in [6.07, 6.45) is 5.92. The number of rotatable bonds is 5. The molecule has 0 atom stereocenters. The molecule has 7 heteroatoms. The van der Waals surface area contributed by atoms with Crippen molar-refractivity contribution in [2.45, 2.75) is 25.3 Å². The minimum atomic E-state index is 0.0478. The van der Waals surface area contributed by atoms with Gasteiger partial charge in [0.25, 0.3) is 5.91 Å². The number of nitrogen functional groups attached to an aromatic ring is 1. The van der Waals surface area contributed by atoms with Gasteiger partial charge in [0, 0.05) is 62.3 Å². The molecule has 0 radical (unpaired) electrons. The van der Waals surface area contributed by atoms with Crippen molar-refractivity contribution in [2.24, 2.45) is 7.05 Å². The number of aryl methyl sites for hydroxylation is 1. The molecule has 3 aromatic heterocycles. The molecule has 1 fully saturated rings. The highest BCUT2D eigenvalue weighted by atomic mass is 16.2. The molecule has 0 aliphatic carbocycles. The first kappa shape index (κ1) is 23.1. The molecular weight excluding hydrogens is 436 g/mol. The van der Waals surface area contributed by atoms with Gasteiger partial charge in [-0.25, -0.2) is 9.97 Å². The van der Waals surface area contributed by atoms with Crippen molar-refractivity contribution in [3.63, 3.8) is 0 Å². The van der Waals surface area contributed by atoms with Crippen molar-refractivity contribution < 1.29 is 4.79 Å². The van der Waals surface area contributed by atoms with E-state index in [1.807, 2.05) is 42.7 Å². The maximum absolute atomic E-state index is 12.2. The SMILES string of the molecule is CN(C)C(=O)c1ccc(C2CCN(Cc3cc4c(-c5ccc(N)nc5)ccnc4n3C)CC2)cc1. The minimum absolute atomic E-state index is 0.0478. The van der Waals surface area contributed by atoms with Gasteiger partial charge in [0.1, 0.15) is 11.5 Å². The van der Waals surface area contributed by atoms with Crippen LogP contribution < -0.4 is 5.73 Å². The number of carbonyl (C=O) groups is 1. The van der Waals surface area contributed by atoms with Crippen LogP contribution in [0.15, 0.2) is 60.9 Å². The highest BCUT2D eigenvalue weighted by molar-refractivity contribution is 5.94. The van der Waals surface area contributed by atoms with Gasteiger partial charge in [0.15, 0.2) is 0 Å². The van der Waals surface area contributed by atoms with Crippen LogP contribution in [0.2, 0.25) is 0 Å². The molecule has 4 heterocycles. The fourth-order valence-electron chi connectivity index (χ4n) is 5.05. The highest BCUT2D eigenvalue weighted by Crippen LogP contribution is 2.32. The number of aromatic nitrogens is 3. The molecule has 0 spiro atoms. The number of amides is 1. The van der Waals surface area contributed by atoms with Crippen molar-refractivity contribution in [3.8, 4) is 11.1 Å².